The average Bonchev–Trinajstić information content (AvgIpc) is 3.05. The van der Waals surface area contributed by atoms with Gasteiger partial charge in [0.15, 0.2) is 11.5 Å². The molecule has 5 nitrogen and oxygen atoms in total. The third-order valence-electron chi connectivity index (χ3n) is 5.05. The van der Waals surface area contributed by atoms with Gasteiger partial charge in [0, 0.05) is 23.3 Å². The van der Waals surface area contributed by atoms with Crippen molar-refractivity contribution < 1.29 is 17.6 Å². The van der Waals surface area contributed by atoms with E-state index in [1.54, 1.807) is 35.1 Å². The van der Waals surface area contributed by atoms with Gasteiger partial charge in [-0.15, -0.1) is 0 Å². The van der Waals surface area contributed by atoms with E-state index in [0.29, 0.717) is 32.9 Å². The number of aromatic nitrogens is 5. The molecule has 3 aromatic heterocycles. The smallest absolute Gasteiger partial charge is 0.253 e. The van der Waals surface area contributed by atoms with Gasteiger partial charge in [-0.2, -0.15) is 23.4 Å². The van der Waals surface area contributed by atoms with Crippen molar-refractivity contribution in [3.05, 3.63) is 58.9 Å². The van der Waals surface area contributed by atoms with E-state index in [9.17, 15) is 13.2 Å². The second-order valence-electron chi connectivity index (χ2n) is 6.89. The maximum Gasteiger partial charge on any atom is 0.408 e. The molecule has 2 atom stereocenters. The van der Waals surface area contributed by atoms with E-state index in [4.69, 9.17) is 11.6 Å². The maximum absolute atomic E-state index is 15.2. The van der Waals surface area contributed by atoms with Crippen LogP contribution in [0.3, 0.4) is 0 Å². The van der Waals surface area contributed by atoms with Gasteiger partial charge in [0.2, 0.25) is 0 Å². The van der Waals surface area contributed by atoms with Crippen molar-refractivity contribution >= 4 is 28.2 Å². The second kappa shape index (κ2) is 5.91. The molecule has 1 fully saturated rings. The van der Waals surface area contributed by atoms with Crippen molar-refractivity contribution in [2.75, 3.05) is 0 Å². The molecular weight excluding hydrogens is 398 g/mol. The summed E-state index contributed by atoms with van der Waals surface area (Å²) in [7, 11) is 0. The van der Waals surface area contributed by atoms with Crippen molar-refractivity contribution in [2.24, 2.45) is 0 Å². The van der Waals surface area contributed by atoms with Crippen LogP contribution < -0.4 is 0 Å². The molecule has 0 spiro atoms. The predicted octanol–water partition coefficient (Wildman–Crippen LogP) is 4.70. The number of hydrogen-bond donors (Lipinski definition) is 0. The summed E-state index contributed by atoms with van der Waals surface area (Å²) in [5, 5.41) is 8.47. The lowest BCUT2D eigenvalue weighted by atomic mass is 10.0. The minimum Gasteiger partial charge on any atom is -0.253 e. The number of imidazole rings is 1. The van der Waals surface area contributed by atoms with Gasteiger partial charge in [0.05, 0.1) is 6.20 Å². The Morgan fingerprint density at radius 1 is 1.18 bits per heavy atom. The summed E-state index contributed by atoms with van der Waals surface area (Å²) < 4.78 is 55.7. The van der Waals surface area contributed by atoms with Crippen molar-refractivity contribution in [2.45, 2.75) is 31.0 Å². The normalized spacial score (nSPS) is 19.6. The highest BCUT2D eigenvalue weighted by Crippen LogP contribution is 2.56. The fourth-order valence-corrected chi connectivity index (χ4v) is 3.99. The quantitative estimate of drug-likeness (QED) is 0.461. The van der Waals surface area contributed by atoms with Crippen LogP contribution in [0.2, 0.25) is 5.15 Å². The zero-order chi connectivity index (χ0) is 19.6. The number of halogens is 5. The molecule has 1 aliphatic rings. The molecule has 1 aliphatic carbocycles. The summed E-state index contributed by atoms with van der Waals surface area (Å²) in [5.41, 5.74) is 1.73. The molecule has 10 heteroatoms. The molecule has 0 saturated heterocycles. The Balaban J connectivity index is 1.55. The molecule has 144 valence electrons. The van der Waals surface area contributed by atoms with E-state index >= 15 is 4.39 Å². The lowest BCUT2D eigenvalue weighted by molar-refractivity contribution is -0.141. The molecule has 4 aromatic rings. The highest BCUT2D eigenvalue weighted by molar-refractivity contribution is 6.29. The Morgan fingerprint density at radius 2 is 1.96 bits per heavy atom. The van der Waals surface area contributed by atoms with E-state index in [1.807, 2.05) is 0 Å². The van der Waals surface area contributed by atoms with Crippen LogP contribution in [0.25, 0.3) is 16.6 Å². The summed E-state index contributed by atoms with van der Waals surface area (Å²) in [4.78, 5) is 4.28. The average molecular weight is 410 g/mol. The third kappa shape index (κ3) is 2.81. The van der Waals surface area contributed by atoms with Gasteiger partial charge in [0.25, 0.3) is 0 Å². The molecule has 1 aromatic carbocycles. The molecule has 28 heavy (non-hydrogen) atoms. The van der Waals surface area contributed by atoms with E-state index in [1.165, 1.54) is 6.20 Å². The highest BCUT2D eigenvalue weighted by Gasteiger charge is 2.43. The first-order chi connectivity index (χ1) is 13.3. The summed E-state index contributed by atoms with van der Waals surface area (Å²) in [6.45, 7) is -1.33. The van der Waals surface area contributed by atoms with Crippen LogP contribution in [-0.4, -0.2) is 30.6 Å². The minimum atomic E-state index is -4.48. The molecular formula is C18H12ClF4N5. The van der Waals surface area contributed by atoms with Crippen LogP contribution in [0.1, 0.15) is 29.4 Å². The lowest BCUT2D eigenvalue weighted by Crippen LogP contribution is -2.19. The molecule has 3 heterocycles. The highest BCUT2D eigenvalue weighted by atomic mass is 35.5. The zero-order valence-corrected chi connectivity index (χ0v) is 14.9. The maximum atomic E-state index is 15.2. The molecule has 0 N–H and O–H groups in total. The Morgan fingerprint density at radius 3 is 2.75 bits per heavy atom. The van der Waals surface area contributed by atoms with E-state index in [0.717, 1.165) is 5.56 Å². The number of fused-ring (bicyclic) bond motifs is 2. The lowest BCUT2D eigenvalue weighted by Gasteiger charge is -2.10. The topological polar surface area (TPSA) is 48.0 Å². The molecule has 5 rings (SSSR count). The van der Waals surface area contributed by atoms with Gasteiger partial charge in [-0.3, -0.25) is 4.68 Å². The molecule has 0 radical (unpaired) electrons. The van der Waals surface area contributed by atoms with Crippen LogP contribution >= 0.6 is 11.6 Å². The van der Waals surface area contributed by atoms with E-state index in [-0.39, 0.29) is 17.4 Å². The van der Waals surface area contributed by atoms with Gasteiger partial charge in [-0.05, 0) is 29.9 Å². The Hall–Kier alpha value is -2.68. The van der Waals surface area contributed by atoms with Crippen LogP contribution in [0, 0.1) is 5.82 Å². The summed E-state index contributed by atoms with van der Waals surface area (Å²) in [5.74, 6) is -0.861. The zero-order valence-electron chi connectivity index (χ0n) is 14.2. The van der Waals surface area contributed by atoms with Gasteiger partial charge in [-0.25, -0.2) is 13.9 Å². The fraction of sp³-hybridized carbons (Fsp3) is 0.278. The van der Waals surface area contributed by atoms with Crippen molar-refractivity contribution in [1.82, 2.24) is 24.4 Å². The van der Waals surface area contributed by atoms with Gasteiger partial charge in [0.1, 0.15) is 17.2 Å². The Labute approximate surface area is 160 Å². The number of benzene rings is 1. The second-order valence-corrected chi connectivity index (χ2v) is 7.28. The van der Waals surface area contributed by atoms with E-state index in [2.05, 4.69) is 15.2 Å². The monoisotopic (exact) mass is 409 g/mol. The fourth-order valence-electron chi connectivity index (χ4n) is 3.79. The number of hydrogen-bond acceptors (Lipinski definition) is 3. The molecule has 0 aliphatic heterocycles. The SMILES string of the molecule is Fc1c(C2C[C@@H]2c2cc(Cl)nn3ccnc23)ccc2cnn(CC(F)(F)F)c12. The first-order valence-electron chi connectivity index (χ1n) is 8.52. The van der Waals surface area contributed by atoms with E-state index < -0.39 is 18.5 Å². The first kappa shape index (κ1) is 17.4. The first-order valence-corrected chi connectivity index (χ1v) is 8.90. The number of nitrogens with zero attached hydrogens (tertiary/aromatic N) is 5. The third-order valence-corrected chi connectivity index (χ3v) is 5.23. The summed E-state index contributed by atoms with van der Waals surface area (Å²) in [6, 6.07) is 4.93. The van der Waals surface area contributed by atoms with Crippen molar-refractivity contribution in [3.63, 3.8) is 0 Å². The summed E-state index contributed by atoms with van der Waals surface area (Å²) in [6.07, 6.45) is 0.684. The van der Waals surface area contributed by atoms with Crippen LogP contribution in [0.15, 0.2) is 36.8 Å². The molecule has 0 bridgehead atoms. The van der Waals surface area contributed by atoms with Crippen molar-refractivity contribution in [1.29, 1.82) is 0 Å². The minimum absolute atomic E-state index is 0.0312. The molecule has 0 amide bonds. The Kier molecular flexibility index (Phi) is 3.67. The number of rotatable bonds is 3. The van der Waals surface area contributed by atoms with Gasteiger partial charge < -0.3 is 0 Å². The molecule has 1 unspecified atom stereocenters. The molecule has 1 saturated carbocycles. The van der Waals surface area contributed by atoms with Gasteiger partial charge in [-0.1, -0.05) is 23.7 Å². The van der Waals surface area contributed by atoms with Crippen LogP contribution in [0.5, 0.6) is 0 Å². The van der Waals surface area contributed by atoms with Crippen LogP contribution in [0.4, 0.5) is 17.6 Å². The predicted molar refractivity (Wildman–Crippen MR) is 93.8 cm³/mol. The van der Waals surface area contributed by atoms with Gasteiger partial charge >= 0.3 is 6.18 Å². The van der Waals surface area contributed by atoms with Crippen molar-refractivity contribution in [3.8, 4) is 0 Å². The number of alkyl halides is 3. The standard InChI is InChI=1S/C18H12ClF4N5/c19-14-6-13(17-24-3-4-27(17)26-14)12-5-11(12)10-2-1-9-7-25-28(8-18(21,22)23)16(9)15(10)20/h1-4,6-7,11-12H,5,8H2/t11?,12-/m0/s1. The van der Waals surface area contributed by atoms with Crippen LogP contribution in [-0.2, 0) is 6.54 Å². The largest absolute Gasteiger partial charge is 0.408 e. The summed E-state index contributed by atoms with van der Waals surface area (Å²) >= 11 is 6.07. The Bertz CT molecular complexity index is 1210.